The zero-order chi connectivity index (χ0) is 20.0. The van der Waals surface area contributed by atoms with Crippen LogP contribution >= 0.6 is 11.6 Å². The summed E-state index contributed by atoms with van der Waals surface area (Å²) in [6.45, 7) is 3.78. The predicted molar refractivity (Wildman–Crippen MR) is 105 cm³/mol. The quantitative estimate of drug-likeness (QED) is 0.691. The lowest BCUT2D eigenvalue weighted by Gasteiger charge is -2.15. The van der Waals surface area contributed by atoms with Gasteiger partial charge in [-0.1, -0.05) is 23.7 Å². The molecular formula is C18H21ClN2O5S. The molecule has 1 unspecified atom stereocenters. The summed E-state index contributed by atoms with van der Waals surface area (Å²) in [5.74, 6) is -0.255. The lowest BCUT2D eigenvalue weighted by Crippen LogP contribution is -2.27. The number of carbonyl (C=O) groups excluding carboxylic acids is 1. The number of rotatable bonds is 8. The number of nitrogens with one attached hydrogen (secondary N) is 2. The highest BCUT2D eigenvalue weighted by atomic mass is 35.5. The Morgan fingerprint density at radius 3 is 2.56 bits per heavy atom. The third kappa shape index (κ3) is 5.35. The smallest absolute Gasteiger partial charge is 0.265 e. The molecule has 0 aliphatic heterocycles. The first-order chi connectivity index (χ1) is 12.8. The van der Waals surface area contributed by atoms with Crippen molar-refractivity contribution >= 4 is 38.9 Å². The van der Waals surface area contributed by atoms with Gasteiger partial charge in [0.05, 0.1) is 17.8 Å². The van der Waals surface area contributed by atoms with Crippen molar-refractivity contribution in [2.45, 2.75) is 24.8 Å². The third-order valence-electron chi connectivity index (χ3n) is 3.62. The summed E-state index contributed by atoms with van der Waals surface area (Å²) >= 11 is 6.03. The first-order valence-electron chi connectivity index (χ1n) is 8.16. The van der Waals surface area contributed by atoms with E-state index in [1.807, 2.05) is 0 Å². The van der Waals surface area contributed by atoms with Crippen LogP contribution in [0, 0.1) is 0 Å². The first kappa shape index (κ1) is 21.0. The molecule has 146 valence electrons. The molecule has 9 heteroatoms. The Kier molecular flexibility index (Phi) is 7.06. The van der Waals surface area contributed by atoms with E-state index in [1.54, 1.807) is 44.2 Å². The van der Waals surface area contributed by atoms with Crippen molar-refractivity contribution in [3.8, 4) is 5.75 Å². The van der Waals surface area contributed by atoms with Crippen LogP contribution in [0.1, 0.15) is 13.8 Å². The fourth-order valence-electron chi connectivity index (χ4n) is 2.28. The van der Waals surface area contributed by atoms with Crippen LogP contribution in [0.3, 0.4) is 0 Å². The molecule has 0 saturated carbocycles. The molecule has 0 aromatic heterocycles. The predicted octanol–water partition coefficient (Wildman–Crippen LogP) is 3.51. The zero-order valence-electron chi connectivity index (χ0n) is 15.2. The van der Waals surface area contributed by atoms with Crippen molar-refractivity contribution in [3.05, 3.63) is 47.5 Å². The number of methoxy groups -OCH3 is 1. The standard InChI is InChI=1S/C18H21ClN2O5S/c1-4-26-12(2)18(22)20-13-9-10-16(25-3)17(11-13)27(23,24)21-15-8-6-5-7-14(15)19/h5-12,21H,4H2,1-3H3,(H,20,22). The molecule has 1 amide bonds. The van der Waals surface area contributed by atoms with E-state index in [2.05, 4.69) is 10.0 Å². The maximum Gasteiger partial charge on any atom is 0.265 e. The minimum Gasteiger partial charge on any atom is -0.495 e. The molecule has 0 heterocycles. The average molecular weight is 413 g/mol. The molecule has 0 bridgehead atoms. The summed E-state index contributed by atoms with van der Waals surface area (Å²) in [6.07, 6.45) is -0.668. The van der Waals surface area contributed by atoms with E-state index in [-0.39, 0.29) is 27.3 Å². The number of ether oxygens (including phenoxy) is 2. The van der Waals surface area contributed by atoms with Gasteiger partial charge in [-0.2, -0.15) is 0 Å². The number of anilines is 2. The molecule has 0 radical (unpaired) electrons. The zero-order valence-corrected chi connectivity index (χ0v) is 16.7. The van der Waals surface area contributed by atoms with Gasteiger partial charge in [-0.15, -0.1) is 0 Å². The van der Waals surface area contributed by atoms with E-state index in [4.69, 9.17) is 21.1 Å². The van der Waals surface area contributed by atoms with Gasteiger partial charge in [0.1, 0.15) is 16.7 Å². The van der Waals surface area contributed by atoms with Crippen LogP contribution in [-0.4, -0.2) is 34.1 Å². The van der Waals surface area contributed by atoms with Gasteiger partial charge < -0.3 is 14.8 Å². The van der Waals surface area contributed by atoms with Crippen molar-refractivity contribution in [3.63, 3.8) is 0 Å². The van der Waals surface area contributed by atoms with Gasteiger partial charge in [-0.3, -0.25) is 9.52 Å². The number of halogens is 1. The Hall–Kier alpha value is -2.29. The number of benzene rings is 2. The topological polar surface area (TPSA) is 93.7 Å². The maximum atomic E-state index is 12.8. The average Bonchev–Trinajstić information content (AvgIpc) is 2.63. The normalized spacial score (nSPS) is 12.3. The number of amides is 1. The largest absolute Gasteiger partial charge is 0.495 e. The summed E-state index contributed by atoms with van der Waals surface area (Å²) in [4.78, 5) is 12.0. The number of sulfonamides is 1. The van der Waals surface area contributed by atoms with Gasteiger partial charge in [0.15, 0.2) is 0 Å². The molecule has 2 rings (SSSR count). The number of para-hydroxylation sites is 1. The van der Waals surface area contributed by atoms with E-state index in [0.717, 1.165) is 0 Å². The second-order valence-electron chi connectivity index (χ2n) is 5.54. The van der Waals surface area contributed by atoms with Gasteiger partial charge in [-0.05, 0) is 44.2 Å². The summed E-state index contributed by atoms with van der Waals surface area (Å²) in [5, 5.41) is 2.89. The lowest BCUT2D eigenvalue weighted by molar-refractivity contribution is -0.126. The molecule has 1 atom stereocenters. The van der Waals surface area contributed by atoms with Crippen LogP contribution < -0.4 is 14.8 Å². The van der Waals surface area contributed by atoms with Crippen LogP contribution in [0.4, 0.5) is 11.4 Å². The number of carbonyl (C=O) groups is 1. The molecule has 0 saturated heterocycles. The van der Waals surface area contributed by atoms with Gasteiger partial charge >= 0.3 is 0 Å². The van der Waals surface area contributed by atoms with Crippen LogP contribution in [0.2, 0.25) is 5.02 Å². The Bertz CT molecular complexity index is 918. The Balaban J connectivity index is 2.34. The summed E-state index contributed by atoms with van der Waals surface area (Å²) in [7, 11) is -2.65. The first-order valence-corrected chi connectivity index (χ1v) is 10.0. The van der Waals surface area contributed by atoms with Crippen molar-refractivity contribution in [2.75, 3.05) is 23.8 Å². The van der Waals surface area contributed by atoms with Gasteiger partial charge in [0.2, 0.25) is 0 Å². The fraction of sp³-hybridized carbons (Fsp3) is 0.278. The molecular weight excluding hydrogens is 392 g/mol. The third-order valence-corrected chi connectivity index (χ3v) is 5.34. The van der Waals surface area contributed by atoms with Crippen molar-refractivity contribution in [1.82, 2.24) is 0 Å². The highest BCUT2D eigenvalue weighted by molar-refractivity contribution is 7.92. The minimum absolute atomic E-state index is 0.130. The van der Waals surface area contributed by atoms with Crippen molar-refractivity contribution in [2.24, 2.45) is 0 Å². The molecule has 0 spiro atoms. The molecule has 7 nitrogen and oxygen atoms in total. The van der Waals surface area contributed by atoms with E-state index < -0.39 is 16.1 Å². The van der Waals surface area contributed by atoms with Crippen molar-refractivity contribution in [1.29, 1.82) is 0 Å². The van der Waals surface area contributed by atoms with Crippen LogP contribution in [0.15, 0.2) is 47.4 Å². The number of hydrogen-bond acceptors (Lipinski definition) is 5. The van der Waals surface area contributed by atoms with Crippen LogP contribution in [-0.2, 0) is 19.6 Å². The molecule has 2 N–H and O–H groups in total. The van der Waals surface area contributed by atoms with Gasteiger partial charge in [-0.25, -0.2) is 8.42 Å². The van der Waals surface area contributed by atoms with E-state index in [9.17, 15) is 13.2 Å². The monoisotopic (exact) mass is 412 g/mol. The van der Waals surface area contributed by atoms with Crippen LogP contribution in [0.5, 0.6) is 5.75 Å². The molecule has 0 fully saturated rings. The van der Waals surface area contributed by atoms with Crippen molar-refractivity contribution < 1.29 is 22.7 Å². The van der Waals surface area contributed by atoms with E-state index >= 15 is 0 Å². The summed E-state index contributed by atoms with van der Waals surface area (Å²) < 4.78 is 38.5. The van der Waals surface area contributed by atoms with E-state index in [1.165, 1.54) is 19.2 Å². The number of hydrogen-bond donors (Lipinski definition) is 2. The Morgan fingerprint density at radius 1 is 1.22 bits per heavy atom. The van der Waals surface area contributed by atoms with Gasteiger partial charge in [0.25, 0.3) is 15.9 Å². The lowest BCUT2D eigenvalue weighted by atomic mass is 10.3. The highest BCUT2D eigenvalue weighted by Crippen LogP contribution is 2.30. The highest BCUT2D eigenvalue weighted by Gasteiger charge is 2.22. The minimum atomic E-state index is -4.01. The van der Waals surface area contributed by atoms with Crippen LogP contribution in [0.25, 0.3) is 0 Å². The summed E-state index contributed by atoms with van der Waals surface area (Å²) in [6, 6.07) is 10.8. The van der Waals surface area contributed by atoms with Gasteiger partial charge in [0, 0.05) is 12.3 Å². The SMILES string of the molecule is CCOC(C)C(=O)Nc1ccc(OC)c(S(=O)(=O)Nc2ccccc2Cl)c1. The van der Waals surface area contributed by atoms with E-state index in [0.29, 0.717) is 12.3 Å². The second kappa shape index (κ2) is 9.07. The molecule has 0 aliphatic carbocycles. The second-order valence-corrected chi connectivity index (χ2v) is 7.60. The maximum absolute atomic E-state index is 12.8. The fourth-order valence-corrected chi connectivity index (χ4v) is 3.79. The summed E-state index contributed by atoms with van der Waals surface area (Å²) in [5.41, 5.74) is 0.535. The molecule has 2 aromatic carbocycles. The Morgan fingerprint density at radius 2 is 1.93 bits per heavy atom. The Labute approximate surface area is 163 Å². The molecule has 2 aromatic rings. The molecule has 27 heavy (non-hydrogen) atoms. The molecule has 0 aliphatic rings.